The molecule has 0 aliphatic carbocycles. The Kier molecular flexibility index (Phi) is 9.29. The zero-order chi connectivity index (χ0) is 27.5. The second-order valence-corrected chi connectivity index (χ2v) is 13.1. The van der Waals surface area contributed by atoms with Gasteiger partial charge in [-0.25, -0.2) is 0 Å². The minimum Gasteiger partial charge on any atom is -0.378 e. The van der Waals surface area contributed by atoms with E-state index in [1.54, 1.807) is 0 Å². The standard InChI is InChI=1S/C32H50N4O2/c1-23(2)30-26(10-9-14-34-30)29-22-38-19-17-36(29)32(7,8)13-11-24(3)27-20-33-15-12-25(27)28-21-37-18-16-35(28)31(4,5)6/h9-10,12,14-15,20,23-24,28-29H,11,13,16-19,21-22H2,1-8H3. The lowest BCUT2D eigenvalue weighted by atomic mass is 9.83. The van der Waals surface area contributed by atoms with Gasteiger partial charge in [-0.2, -0.15) is 0 Å². The Morgan fingerprint density at radius 2 is 1.55 bits per heavy atom. The molecule has 2 saturated heterocycles. The van der Waals surface area contributed by atoms with Crippen molar-refractivity contribution in [1.29, 1.82) is 0 Å². The van der Waals surface area contributed by atoms with Crippen LogP contribution < -0.4 is 0 Å². The largest absolute Gasteiger partial charge is 0.378 e. The van der Waals surface area contributed by atoms with Crippen LogP contribution in [0.15, 0.2) is 36.8 Å². The molecule has 210 valence electrons. The maximum atomic E-state index is 6.02. The summed E-state index contributed by atoms with van der Waals surface area (Å²) < 4.78 is 12.0. The summed E-state index contributed by atoms with van der Waals surface area (Å²) in [6.07, 6.45) is 8.17. The molecule has 38 heavy (non-hydrogen) atoms. The molecule has 2 aliphatic rings. The van der Waals surface area contributed by atoms with Crippen molar-refractivity contribution < 1.29 is 9.47 Å². The highest BCUT2D eigenvalue weighted by Gasteiger charge is 2.38. The molecule has 3 unspecified atom stereocenters. The number of morpholine rings is 2. The monoisotopic (exact) mass is 522 g/mol. The van der Waals surface area contributed by atoms with Crippen molar-refractivity contribution in [3.05, 3.63) is 59.2 Å². The fourth-order valence-corrected chi connectivity index (χ4v) is 6.45. The maximum absolute atomic E-state index is 6.02. The SMILES string of the molecule is CC(C)c1ncccc1C1COCCN1C(C)(C)CCC(C)c1cnccc1C1COCCN1C(C)(C)C. The average Bonchev–Trinajstić information content (AvgIpc) is 2.91. The van der Waals surface area contributed by atoms with Gasteiger partial charge < -0.3 is 9.47 Å². The van der Waals surface area contributed by atoms with Crippen molar-refractivity contribution in [2.24, 2.45) is 0 Å². The second-order valence-electron chi connectivity index (χ2n) is 13.1. The van der Waals surface area contributed by atoms with Crippen molar-refractivity contribution >= 4 is 0 Å². The predicted molar refractivity (Wildman–Crippen MR) is 155 cm³/mol. The Morgan fingerprint density at radius 1 is 0.895 bits per heavy atom. The highest BCUT2D eigenvalue weighted by Crippen LogP contribution is 2.39. The zero-order valence-corrected chi connectivity index (χ0v) is 25.0. The third kappa shape index (κ3) is 6.47. The van der Waals surface area contributed by atoms with Crippen LogP contribution in [0, 0.1) is 0 Å². The third-order valence-electron chi connectivity index (χ3n) is 8.64. The van der Waals surface area contributed by atoms with E-state index in [9.17, 15) is 0 Å². The molecule has 6 heteroatoms. The van der Waals surface area contributed by atoms with Gasteiger partial charge in [0.05, 0.1) is 38.5 Å². The number of rotatable bonds is 8. The van der Waals surface area contributed by atoms with Crippen LogP contribution in [-0.4, -0.2) is 70.4 Å². The number of hydrogen-bond donors (Lipinski definition) is 0. The minimum atomic E-state index is 0.0283. The van der Waals surface area contributed by atoms with E-state index in [-0.39, 0.29) is 23.2 Å². The summed E-state index contributed by atoms with van der Waals surface area (Å²) in [5.74, 6) is 0.796. The number of aromatic nitrogens is 2. The van der Waals surface area contributed by atoms with Crippen LogP contribution in [0.1, 0.15) is 115 Å². The van der Waals surface area contributed by atoms with Crippen LogP contribution in [0.25, 0.3) is 0 Å². The number of pyridine rings is 2. The molecule has 3 atom stereocenters. The summed E-state index contributed by atoms with van der Waals surface area (Å²) >= 11 is 0. The van der Waals surface area contributed by atoms with Gasteiger partial charge in [0.1, 0.15) is 0 Å². The van der Waals surface area contributed by atoms with Gasteiger partial charge in [0.15, 0.2) is 0 Å². The molecule has 4 rings (SSSR count). The van der Waals surface area contributed by atoms with Crippen LogP contribution in [0.3, 0.4) is 0 Å². The van der Waals surface area contributed by atoms with E-state index in [4.69, 9.17) is 14.5 Å². The highest BCUT2D eigenvalue weighted by atomic mass is 16.5. The third-order valence-corrected chi connectivity index (χ3v) is 8.64. The lowest BCUT2D eigenvalue weighted by Crippen LogP contribution is -2.52. The fraction of sp³-hybridized carbons (Fsp3) is 0.688. The van der Waals surface area contributed by atoms with Crippen molar-refractivity contribution in [3.8, 4) is 0 Å². The second kappa shape index (κ2) is 12.1. The Morgan fingerprint density at radius 3 is 2.21 bits per heavy atom. The normalized spacial score (nSPS) is 23.1. The molecule has 2 aromatic rings. The van der Waals surface area contributed by atoms with E-state index >= 15 is 0 Å². The Labute approximate surface area is 231 Å². The van der Waals surface area contributed by atoms with Gasteiger partial charge in [0.2, 0.25) is 0 Å². The highest BCUT2D eigenvalue weighted by molar-refractivity contribution is 5.31. The summed E-state index contributed by atoms with van der Waals surface area (Å²) in [5.41, 5.74) is 5.36. The first kappa shape index (κ1) is 29.1. The molecule has 0 radical (unpaired) electrons. The van der Waals surface area contributed by atoms with E-state index in [2.05, 4.69) is 94.6 Å². The molecule has 4 heterocycles. The molecule has 0 amide bonds. The zero-order valence-electron chi connectivity index (χ0n) is 25.0. The average molecular weight is 523 g/mol. The van der Waals surface area contributed by atoms with Crippen molar-refractivity contribution in [1.82, 2.24) is 19.8 Å². The minimum absolute atomic E-state index is 0.0283. The molecule has 2 fully saturated rings. The first-order valence-electron chi connectivity index (χ1n) is 14.6. The lowest BCUT2D eigenvalue weighted by Gasteiger charge is -2.47. The van der Waals surface area contributed by atoms with Gasteiger partial charge in [-0.3, -0.25) is 19.8 Å². The number of ether oxygens (including phenoxy) is 2. The van der Waals surface area contributed by atoms with Gasteiger partial charge in [0.25, 0.3) is 0 Å². The molecule has 2 aliphatic heterocycles. The first-order valence-corrected chi connectivity index (χ1v) is 14.6. The summed E-state index contributed by atoms with van der Waals surface area (Å²) in [7, 11) is 0. The number of nitrogens with zero attached hydrogens (tertiary/aromatic N) is 4. The summed E-state index contributed by atoms with van der Waals surface area (Å²) in [5, 5.41) is 0. The molecule has 6 nitrogen and oxygen atoms in total. The van der Waals surface area contributed by atoms with Crippen LogP contribution >= 0.6 is 0 Å². The fourth-order valence-electron chi connectivity index (χ4n) is 6.45. The maximum Gasteiger partial charge on any atom is 0.0665 e. The van der Waals surface area contributed by atoms with Crippen molar-refractivity contribution in [3.63, 3.8) is 0 Å². The molecule has 0 spiro atoms. The summed E-state index contributed by atoms with van der Waals surface area (Å²) in [6, 6.07) is 7.04. The summed E-state index contributed by atoms with van der Waals surface area (Å²) in [4.78, 5) is 14.6. The Bertz CT molecular complexity index is 1050. The quantitative estimate of drug-likeness (QED) is 0.394. The molecule has 0 aromatic carbocycles. The van der Waals surface area contributed by atoms with Crippen molar-refractivity contribution in [2.45, 2.75) is 103 Å². The van der Waals surface area contributed by atoms with Crippen molar-refractivity contribution in [2.75, 3.05) is 39.5 Å². The van der Waals surface area contributed by atoms with E-state index in [1.165, 1.54) is 22.4 Å². The first-order chi connectivity index (χ1) is 18.0. The van der Waals surface area contributed by atoms with Crippen LogP contribution in [-0.2, 0) is 9.47 Å². The van der Waals surface area contributed by atoms with E-state index in [0.29, 0.717) is 11.8 Å². The Balaban J connectivity index is 1.53. The summed E-state index contributed by atoms with van der Waals surface area (Å²) in [6.45, 7) is 23.5. The molecular weight excluding hydrogens is 472 g/mol. The topological polar surface area (TPSA) is 50.7 Å². The Hall–Kier alpha value is -1.86. The van der Waals surface area contributed by atoms with Gasteiger partial charge in [-0.1, -0.05) is 26.8 Å². The van der Waals surface area contributed by atoms with Gasteiger partial charge in [-0.15, -0.1) is 0 Å². The van der Waals surface area contributed by atoms with Crippen LogP contribution in [0.2, 0.25) is 0 Å². The van der Waals surface area contributed by atoms with Gasteiger partial charge in [-0.05, 0) is 88.1 Å². The van der Waals surface area contributed by atoms with E-state index < -0.39 is 0 Å². The van der Waals surface area contributed by atoms with Crippen LogP contribution in [0.5, 0.6) is 0 Å². The molecule has 0 bridgehead atoms. The van der Waals surface area contributed by atoms with E-state index in [1.807, 2.05) is 12.4 Å². The van der Waals surface area contributed by atoms with Gasteiger partial charge >= 0.3 is 0 Å². The smallest absolute Gasteiger partial charge is 0.0665 e. The molecule has 0 N–H and O–H groups in total. The molecule has 0 saturated carbocycles. The molecular formula is C32H50N4O2. The van der Waals surface area contributed by atoms with Gasteiger partial charge in [0, 0.05) is 48.5 Å². The molecule has 2 aromatic heterocycles. The van der Waals surface area contributed by atoms with Crippen LogP contribution in [0.4, 0.5) is 0 Å². The predicted octanol–water partition coefficient (Wildman–Crippen LogP) is 6.51. The van der Waals surface area contributed by atoms with E-state index in [0.717, 1.165) is 52.4 Å². The lowest BCUT2D eigenvalue weighted by molar-refractivity contribution is -0.0599. The number of hydrogen-bond acceptors (Lipinski definition) is 6.